The number of aromatic nitrogens is 2. The summed E-state index contributed by atoms with van der Waals surface area (Å²) in [7, 11) is 2.99. The van der Waals surface area contributed by atoms with Gasteiger partial charge in [0, 0.05) is 11.5 Å². The quantitative estimate of drug-likeness (QED) is 0.361. The number of amides is 2. The molecule has 0 atom stereocenters. The third kappa shape index (κ3) is 5.37. The van der Waals surface area contributed by atoms with Gasteiger partial charge in [-0.3, -0.25) is 14.4 Å². The number of carbonyl (C=O) groups excluding carboxylic acids is 2. The van der Waals surface area contributed by atoms with Crippen LogP contribution in [0.1, 0.15) is 17.4 Å². The number of carbonyl (C=O) groups is 2. The van der Waals surface area contributed by atoms with E-state index in [-0.39, 0.29) is 12.2 Å². The number of hydrogen-bond donors (Lipinski definition) is 2. The Morgan fingerprint density at radius 1 is 0.892 bits per heavy atom. The Labute approximate surface area is 212 Å². The minimum absolute atomic E-state index is 0.00694. The Morgan fingerprint density at radius 3 is 2.32 bits per heavy atom. The number of fused-ring (bicyclic) bond motifs is 1. The molecule has 4 aromatic rings. The van der Waals surface area contributed by atoms with E-state index in [0.717, 1.165) is 4.68 Å². The van der Waals surface area contributed by atoms with E-state index in [0.29, 0.717) is 46.0 Å². The minimum Gasteiger partial charge on any atom is -0.493 e. The first-order valence-electron chi connectivity index (χ1n) is 11.5. The fourth-order valence-electron chi connectivity index (χ4n) is 3.78. The summed E-state index contributed by atoms with van der Waals surface area (Å²) in [6, 6.07) is 18.5. The van der Waals surface area contributed by atoms with Gasteiger partial charge in [-0.1, -0.05) is 30.3 Å². The number of benzene rings is 3. The van der Waals surface area contributed by atoms with Gasteiger partial charge in [-0.15, -0.1) is 0 Å². The molecule has 10 nitrogen and oxygen atoms in total. The largest absolute Gasteiger partial charge is 0.493 e. The van der Waals surface area contributed by atoms with Gasteiger partial charge in [-0.25, -0.2) is 0 Å². The van der Waals surface area contributed by atoms with Crippen molar-refractivity contribution in [1.82, 2.24) is 15.1 Å². The van der Waals surface area contributed by atoms with Gasteiger partial charge in [0.25, 0.3) is 11.5 Å². The molecule has 1 aromatic heterocycles. The van der Waals surface area contributed by atoms with Crippen molar-refractivity contribution >= 4 is 28.3 Å². The normalized spacial score (nSPS) is 10.6. The third-order valence-electron chi connectivity index (χ3n) is 5.50. The molecule has 10 heteroatoms. The van der Waals surface area contributed by atoms with E-state index in [4.69, 9.17) is 14.2 Å². The Morgan fingerprint density at radius 2 is 1.59 bits per heavy atom. The molecule has 1 heterocycles. The zero-order valence-electron chi connectivity index (χ0n) is 20.6. The number of anilines is 1. The lowest BCUT2D eigenvalue weighted by Crippen LogP contribution is -2.35. The van der Waals surface area contributed by atoms with Crippen LogP contribution in [0, 0.1) is 0 Å². The summed E-state index contributed by atoms with van der Waals surface area (Å²) >= 11 is 0. The smallest absolute Gasteiger partial charge is 0.279 e. The van der Waals surface area contributed by atoms with E-state index < -0.39 is 17.4 Å². The highest BCUT2D eigenvalue weighted by molar-refractivity contribution is 6.06. The maximum Gasteiger partial charge on any atom is 0.279 e. The number of para-hydroxylation sites is 2. The molecule has 2 amide bonds. The lowest BCUT2D eigenvalue weighted by atomic mass is 10.1. The van der Waals surface area contributed by atoms with Crippen LogP contribution in [0.15, 0.2) is 71.5 Å². The topological polar surface area (TPSA) is 121 Å². The zero-order valence-corrected chi connectivity index (χ0v) is 20.6. The molecule has 0 saturated carbocycles. The van der Waals surface area contributed by atoms with Gasteiger partial charge in [0.05, 0.1) is 44.1 Å². The Kier molecular flexibility index (Phi) is 7.68. The van der Waals surface area contributed by atoms with Crippen LogP contribution < -0.4 is 30.4 Å². The second-order valence-electron chi connectivity index (χ2n) is 7.81. The van der Waals surface area contributed by atoms with E-state index in [1.54, 1.807) is 66.7 Å². The lowest BCUT2D eigenvalue weighted by molar-refractivity contribution is -0.115. The fourth-order valence-corrected chi connectivity index (χ4v) is 3.78. The molecule has 37 heavy (non-hydrogen) atoms. The van der Waals surface area contributed by atoms with Crippen LogP contribution >= 0.6 is 0 Å². The molecule has 0 radical (unpaired) electrons. The van der Waals surface area contributed by atoms with Crippen LogP contribution in [0.3, 0.4) is 0 Å². The molecular weight excluding hydrogens is 476 g/mol. The second kappa shape index (κ2) is 11.3. The first-order valence-corrected chi connectivity index (χ1v) is 11.5. The standard InChI is InChI=1S/C27H26N4O6/c1-4-37-21-12-8-7-11-20(21)29-24(32)16-28-26(33)25-18-9-5-6-10-19(18)27(34)31(30-25)17-13-14-22(35-2)23(15-17)36-3/h5-15H,4,16H2,1-3H3,(H,28,33)(H,29,32). The van der Waals surface area contributed by atoms with E-state index in [1.807, 2.05) is 6.92 Å². The van der Waals surface area contributed by atoms with Gasteiger partial charge in [-0.2, -0.15) is 9.78 Å². The highest BCUT2D eigenvalue weighted by atomic mass is 16.5. The summed E-state index contributed by atoms with van der Waals surface area (Å²) in [6.45, 7) is 1.97. The van der Waals surface area contributed by atoms with E-state index >= 15 is 0 Å². The number of rotatable bonds is 9. The van der Waals surface area contributed by atoms with Gasteiger partial charge < -0.3 is 24.8 Å². The third-order valence-corrected chi connectivity index (χ3v) is 5.50. The summed E-state index contributed by atoms with van der Waals surface area (Å²) in [5.74, 6) is 0.350. The zero-order chi connectivity index (χ0) is 26.4. The maximum atomic E-state index is 13.2. The van der Waals surface area contributed by atoms with Crippen molar-refractivity contribution in [2.24, 2.45) is 0 Å². The van der Waals surface area contributed by atoms with Crippen molar-refractivity contribution in [2.45, 2.75) is 6.92 Å². The minimum atomic E-state index is -0.612. The Balaban J connectivity index is 1.63. The molecule has 3 aromatic carbocycles. The Bertz CT molecular complexity index is 1510. The molecule has 4 rings (SSSR count). The molecule has 0 spiro atoms. The van der Waals surface area contributed by atoms with Crippen molar-refractivity contribution in [2.75, 3.05) is 32.7 Å². The molecule has 0 aliphatic rings. The summed E-state index contributed by atoms with van der Waals surface area (Å²) in [5, 5.41) is 10.3. The van der Waals surface area contributed by atoms with E-state index in [2.05, 4.69) is 15.7 Å². The second-order valence-corrected chi connectivity index (χ2v) is 7.81. The summed E-state index contributed by atoms with van der Waals surface area (Å²) in [4.78, 5) is 39.0. The van der Waals surface area contributed by atoms with Gasteiger partial charge in [0.15, 0.2) is 17.2 Å². The average Bonchev–Trinajstić information content (AvgIpc) is 2.93. The molecule has 0 saturated heterocycles. The number of nitrogens with zero attached hydrogens (tertiary/aromatic N) is 2. The van der Waals surface area contributed by atoms with Crippen LogP contribution in [0.5, 0.6) is 17.2 Å². The van der Waals surface area contributed by atoms with Crippen LogP contribution in [0.4, 0.5) is 5.69 Å². The summed E-state index contributed by atoms with van der Waals surface area (Å²) in [5.41, 5.74) is 0.457. The van der Waals surface area contributed by atoms with Crippen LogP contribution in [0.25, 0.3) is 16.5 Å². The predicted molar refractivity (Wildman–Crippen MR) is 139 cm³/mol. The first kappa shape index (κ1) is 25.2. The van der Waals surface area contributed by atoms with Crippen molar-refractivity contribution in [3.8, 4) is 22.9 Å². The molecular formula is C27H26N4O6. The van der Waals surface area contributed by atoms with Crippen molar-refractivity contribution in [1.29, 1.82) is 0 Å². The molecule has 0 unspecified atom stereocenters. The van der Waals surface area contributed by atoms with Gasteiger partial charge in [0.2, 0.25) is 5.91 Å². The maximum absolute atomic E-state index is 13.2. The first-order chi connectivity index (χ1) is 18.0. The van der Waals surface area contributed by atoms with Crippen LogP contribution in [0.2, 0.25) is 0 Å². The molecule has 0 fully saturated rings. The summed E-state index contributed by atoms with van der Waals surface area (Å²) in [6.07, 6.45) is 0. The highest BCUT2D eigenvalue weighted by Gasteiger charge is 2.19. The number of hydrogen-bond acceptors (Lipinski definition) is 7. The van der Waals surface area contributed by atoms with Crippen LogP contribution in [-0.2, 0) is 4.79 Å². The molecule has 0 bridgehead atoms. The molecule has 2 N–H and O–H groups in total. The summed E-state index contributed by atoms with van der Waals surface area (Å²) < 4.78 is 17.2. The predicted octanol–water partition coefficient (Wildman–Crippen LogP) is 3.17. The van der Waals surface area contributed by atoms with Crippen molar-refractivity contribution < 1.29 is 23.8 Å². The van der Waals surface area contributed by atoms with Crippen LogP contribution in [-0.4, -0.2) is 49.0 Å². The fraction of sp³-hybridized carbons (Fsp3) is 0.185. The van der Waals surface area contributed by atoms with Gasteiger partial charge >= 0.3 is 0 Å². The Hall–Kier alpha value is -4.86. The highest BCUT2D eigenvalue weighted by Crippen LogP contribution is 2.29. The average molecular weight is 503 g/mol. The lowest BCUT2D eigenvalue weighted by Gasteiger charge is -2.14. The molecule has 190 valence electrons. The monoisotopic (exact) mass is 502 g/mol. The van der Waals surface area contributed by atoms with Gasteiger partial charge in [-0.05, 0) is 37.3 Å². The number of nitrogens with one attached hydrogen (secondary N) is 2. The van der Waals surface area contributed by atoms with Crippen molar-refractivity contribution in [3.63, 3.8) is 0 Å². The van der Waals surface area contributed by atoms with Gasteiger partial charge in [0.1, 0.15) is 5.75 Å². The van der Waals surface area contributed by atoms with E-state index in [9.17, 15) is 14.4 Å². The number of methoxy groups -OCH3 is 2. The molecule has 0 aliphatic heterocycles. The number of ether oxygens (including phenoxy) is 3. The molecule has 0 aliphatic carbocycles. The van der Waals surface area contributed by atoms with E-state index in [1.165, 1.54) is 14.2 Å². The van der Waals surface area contributed by atoms with Crippen molar-refractivity contribution in [3.05, 3.63) is 82.8 Å². The SMILES string of the molecule is CCOc1ccccc1NC(=O)CNC(=O)c1nn(-c2ccc(OC)c(OC)c2)c(=O)c2ccccc12.